The van der Waals surface area contributed by atoms with Gasteiger partial charge in [-0.25, -0.2) is 9.48 Å². The Morgan fingerprint density at radius 3 is 2.18 bits per heavy atom. The van der Waals surface area contributed by atoms with Gasteiger partial charge in [-0.15, -0.1) is 5.10 Å². The second-order valence-corrected chi connectivity index (χ2v) is 14.0. The predicted octanol–water partition coefficient (Wildman–Crippen LogP) is 0.0634. The van der Waals surface area contributed by atoms with Crippen molar-refractivity contribution in [1.82, 2.24) is 24.5 Å². The van der Waals surface area contributed by atoms with E-state index in [1.54, 1.807) is 41.5 Å². The maximum Gasteiger partial charge on any atom is 0.388 e. The molecule has 0 unspecified atom stereocenters. The summed E-state index contributed by atoms with van der Waals surface area (Å²) in [5, 5.41) is 18.9. The molecule has 2 N–H and O–H groups in total. The summed E-state index contributed by atoms with van der Waals surface area (Å²) in [4.78, 5) is 50.5. The van der Waals surface area contributed by atoms with Gasteiger partial charge >= 0.3 is 25.2 Å². The Morgan fingerprint density at radius 2 is 1.64 bits per heavy atom. The number of aromatic amines is 1. The first kappa shape index (κ1) is 36.2. The van der Waals surface area contributed by atoms with E-state index in [9.17, 15) is 28.8 Å². The number of aromatic nitrogens is 5. The van der Waals surface area contributed by atoms with Gasteiger partial charge in [0.1, 0.15) is 18.3 Å². The van der Waals surface area contributed by atoms with E-state index in [2.05, 4.69) is 15.3 Å². The quantitative estimate of drug-likeness (QED) is 0.118. The van der Waals surface area contributed by atoms with E-state index in [0.29, 0.717) is 0 Å². The maximum atomic E-state index is 13.8. The Balaban J connectivity index is 1.80. The van der Waals surface area contributed by atoms with Crippen molar-refractivity contribution in [2.45, 2.75) is 72.6 Å². The van der Waals surface area contributed by atoms with Crippen LogP contribution in [-0.2, 0) is 53.4 Å². The third kappa shape index (κ3) is 9.62. The van der Waals surface area contributed by atoms with E-state index in [4.69, 9.17) is 32.7 Å². The smallest absolute Gasteiger partial charge is 0.388 e. The third-order valence-electron chi connectivity index (χ3n) is 6.26. The van der Waals surface area contributed by atoms with Crippen LogP contribution in [0.5, 0.6) is 0 Å². The highest BCUT2D eigenvalue weighted by Gasteiger charge is 2.46. The molecule has 1 aliphatic heterocycles. The van der Waals surface area contributed by atoms with E-state index in [0.717, 1.165) is 10.6 Å². The molecule has 0 amide bonds. The maximum absolute atomic E-state index is 13.8. The molecule has 4 atom stereocenters. The number of methoxy groups -OCH3 is 1. The van der Waals surface area contributed by atoms with Crippen LogP contribution in [0.2, 0.25) is 0 Å². The van der Waals surface area contributed by atoms with Crippen LogP contribution in [0.1, 0.15) is 47.8 Å². The summed E-state index contributed by atoms with van der Waals surface area (Å²) in [6.07, 6.45) is -2.12. The van der Waals surface area contributed by atoms with Gasteiger partial charge in [-0.2, -0.15) is 0 Å². The number of hydrogen-bond donors (Lipinski definition) is 2. The van der Waals surface area contributed by atoms with E-state index >= 15 is 0 Å². The number of esters is 2. The van der Waals surface area contributed by atoms with Crippen LogP contribution in [-0.4, -0.2) is 93.8 Å². The highest BCUT2D eigenvalue weighted by Crippen LogP contribution is 2.46. The molecule has 2 aromatic rings. The van der Waals surface area contributed by atoms with Gasteiger partial charge in [0, 0.05) is 19.4 Å². The number of carbonyl (C=O) groups is 2. The van der Waals surface area contributed by atoms with E-state index < -0.39 is 79.7 Å². The van der Waals surface area contributed by atoms with Crippen LogP contribution >= 0.6 is 7.60 Å². The number of hydrogen-bond acceptors (Lipinski definition) is 15. The minimum atomic E-state index is -4.40. The topological polar surface area (TPSA) is 222 Å². The molecule has 0 aliphatic carbocycles. The number of rotatable bonds is 14. The zero-order valence-electron chi connectivity index (χ0n) is 26.2. The van der Waals surface area contributed by atoms with Gasteiger partial charge in [-0.3, -0.25) is 37.5 Å². The molecule has 0 saturated carbocycles. The number of ether oxygens (including phenoxy) is 5. The third-order valence-corrected chi connectivity index (χ3v) is 7.92. The van der Waals surface area contributed by atoms with E-state index in [1.807, 2.05) is 0 Å². The summed E-state index contributed by atoms with van der Waals surface area (Å²) in [7, 11) is -2.93. The Bertz CT molecular complexity index is 1440. The van der Waals surface area contributed by atoms with Crippen molar-refractivity contribution < 1.29 is 52.0 Å². The Morgan fingerprint density at radius 1 is 1.04 bits per heavy atom. The summed E-state index contributed by atoms with van der Waals surface area (Å²) in [5.41, 5.74) is -3.46. The molecule has 45 heavy (non-hydrogen) atoms. The average molecular weight is 662 g/mol. The Kier molecular flexibility index (Phi) is 12.0. The molecule has 19 heteroatoms. The second-order valence-electron chi connectivity index (χ2n) is 12.1. The summed E-state index contributed by atoms with van der Waals surface area (Å²) >= 11 is 0. The zero-order valence-corrected chi connectivity index (χ0v) is 27.1. The lowest BCUT2D eigenvalue weighted by Crippen LogP contribution is -2.39. The number of aliphatic hydroxyl groups excluding tert-OH is 1. The van der Waals surface area contributed by atoms with Crippen molar-refractivity contribution in [2.75, 3.05) is 33.9 Å². The number of H-pyrrole nitrogens is 1. The fourth-order valence-electron chi connectivity index (χ4n) is 3.76. The monoisotopic (exact) mass is 661 g/mol. The largest absolute Gasteiger partial charge is 0.438 e. The molecule has 3 heterocycles. The molecule has 0 spiro atoms. The molecule has 0 radical (unpaired) electrons. The van der Waals surface area contributed by atoms with Crippen molar-refractivity contribution in [2.24, 2.45) is 10.8 Å². The van der Waals surface area contributed by atoms with Gasteiger partial charge in [0.05, 0.1) is 36.8 Å². The summed E-state index contributed by atoms with van der Waals surface area (Å²) < 4.78 is 53.5. The number of aliphatic hydroxyl groups is 1. The standard InChI is InChI=1S/C26H40N5O13P/c1-25(2,3)22(34)40-14-42-45(37,43-15-41-23(35)26(4,5)6)18-13-30(29-28-18)12-16-19(33)20(39-11-10-38-7)21(44-16)31-9-8-17(32)27-24(31)36/h8-9,13,16,19-21,33H,10-12,14-15H2,1-7H3,(H,27,32,36)/t16-,19-,20-,21-/m1/s1. The average Bonchev–Trinajstić information content (AvgIpc) is 3.53. The molecule has 252 valence electrons. The second kappa shape index (κ2) is 14.9. The SMILES string of the molecule is COCCO[C@@H]1[C@H](O)[C@@H](Cn2cc(P(=O)(OCOC(=O)C(C)(C)C)OCOC(=O)C(C)(C)C)nn2)O[C@H]1n1ccc(=O)[nH]c1=O. The molecule has 3 rings (SSSR count). The van der Waals surface area contributed by atoms with Crippen molar-refractivity contribution in [3.8, 4) is 0 Å². The van der Waals surface area contributed by atoms with Crippen molar-refractivity contribution in [3.05, 3.63) is 39.3 Å². The van der Waals surface area contributed by atoms with E-state index in [-0.39, 0.29) is 25.2 Å². The molecule has 1 aliphatic rings. The molecule has 0 aromatic carbocycles. The summed E-state index contributed by atoms with van der Waals surface area (Å²) in [6.45, 7) is 8.25. The van der Waals surface area contributed by atoms with Crippen molar-refractivity contribution in [3.63, 3.8) is 0 Å². The van der Waals surface area contributed by atoms with Gasteiger partial charge in [0.25, 0.3) is 5.56 Å². The molecule has 1 saturated heterocycles. The lowest BCUT2D eigenvalue weighted by atomic mass is 9.98. The minimum Gasteiger partial charge on any atom is -0.438 e. The predicted molar refractivity (Wildman–Crippen MR) is 153 cm³/mol. The molecule has 1 fully saturated rings. The van der Waals surface area contributed by atoms with E-state index in [1.165, 1.54) is 24.2 Å². The zero-order chi connectivity index (χ0) is 33.6. The van der Waals surface area contributed by atoms with Crippen LogP contribution in [0.4, 0.5) is 0 Å². The van der Waals surface area contributed by atoms with Gasteiger partial charge < -0.3 is 28.8 Å². The first-order valence-electron chi connectivity index (χ1n) is 13.9. The highest BCUT2D eigenvalue weighted by molar-refractivity contribution is 7.61. The van der Waals surface area contributed by atoms with Gasteiger partial charge in [0.15, 0.2) is 11.7 Å². The molecular formula is C26H40N5O13P. The van der Waals surface area contributed by atoms with Gasteiger partial charge in [-0.1, -0.05) is 5.21 Å². The Labute approximate surface area is 258 Å². The molecule has 2 aromatic heterocycles. The van der Waals surface area contributed by atoms with Gasteiger partial charge in [-0.05, 0) is 41.5 Å². The number of nitrogens with zero attached hydrogens (tertiary/aromatic N) is 4. The fourth-order valence-corrected chi connectivity index (χ4v) is 4.90. The number of nitrogens with one attached hydrogen (secondary N) is 1. The first-order chi connectivity index (χ1) is 21.0. The van der Waals surface area contributed by atoms with Crippen molar-refractivity contribution in [1.29, 1.82) is 0 Å². The molecule has 18 nitrogen and oxygen atoms in total. The minimum absolute atomic E-state index is 0.0633. The normalized spacial score (nSPS) is 20.7. The lowest BCUT2D eigenvalue weighted by molar-refractivity contribution is -0.161. The fraction of sp³-hybridized carbons (Fsp3) is 0.692. The van der Waals surface area contributed by atoms with Crippen LogP contribution < -0.4 is 16.7 Å². The van der Waals surface area contributed by atoms with Gasteiger partial charge in [0.2, 0.25) is 13.6 Å². The molecule has 0 bridgehead atoms. The van der Waals surface area contributed by atoms with Crippen LogP contribution in [0.25, 0.3) is 0 Å². The highest BCUT2D eigenvalue weighted by atomic mass is 31.2. The van der Waals surface area contributed by atoms with Crippen molar-refractivity contribution >= 4 is 25.0 Å². The molecular weight excluding hydrogens is 621 g/mol. The first-order valence-corrected chi connectivity index (χ1v) is 15.4. The van der Waals surface area contributed by atoms with Crippen LogP contribution in [0.3, 0.4) is 0 Å². The van der Waals surface area contributed by atoms with Crippen LogP contribution in [0.15, 0.2) is 28.0 Å². The van der Waals surface area contributed by atoms with Crippen LogP contribution in [0, 0.1) is 10.8 Å². The lowest BCUT2D eigenvalue weighted by Gasteiger charge is -2.22. The summed E-state index contributed by atoms with van der Waals surface area (Å²) in [6, 6.07) is 1.12. The summed E-state index contributed by atoms with van der Waals surface area (Å²) in [5.74, 6) is -1.27. The number of carbonyl (C=O) groups excluding carboxylic acids is 2. The Hall–Kier alpha value is -3.25.